The largest absolute Gasteiger partial charge is 0.362 e. The summed E-state index contributed by atoms with van der Waals surface area (Å²) < 4.78 is 6.02. The van der Waals surface area contributed by atoms with Gasteiger partial charge in [0.05, 0.1) is 0 Å². The zero-order chi connectivity index (χ0) is 17.8. The first kappa shape index (κ1) is 18.4. The lowest BCUT2D eigenvalue weighted by atomic mass is 9.93. The molecular weight excluding hydrogens is 300 g/mol. The summed E-state index contributed by atoms with van der Waals surface area (Å²) in [6.07, 6.45) is 0.308. The number of benzene rings is 2. The fourth-order valence-corrected chi connectivity index (χ4v) is 2.63. The monoisotopic (exact) mass is 326 g/mol. The van der Waals surface area contributed by atoms with E-state index in [4.69, 9.17) is 4.74 Å². The van der Waals surface area contributed by atoms with Crippen LogP contribution in [0.5, 0.6) is 0 Å². The molecule has 0 aliphatic rings. The van der Waals surface area contributed by atoms with Crippen LogP contribution in [0.3, 0.4) is 0 Å². The van der Waals surface area contributed by atoms with Gasteiger partial charge in [-0.05, 0) is 26.3 Å². The van der Waals surface area contributed by atoms with Crippen LogP contribution in [0.15, 0.2) is 71.8 Å². The highest BCUT2D eigenvalue weighted by atomic mass is 16.7. The summed E-state index contributed by atoms with van der Waals surface area (Å²) >= 11 is 0. The molecule has 0 bridgehead atoms. The van der Waals surface area contributed by atoms with Crippen LogP contribution in [-0.4, -0.2) is 10.2 Å². The first-order valence-corrected chi connectivity index (χ1v) is 8.24. The van der Waals surface area contributed by atoms with Gasteiger partial charge in [0.2, 0.25) is 5.79 Å². The predicted octanol–water partition coefficient (Wildman–Crippen LogP) is 4.46. The molecule has 0 saturated heterocycles. The van der Waals surface area contributed by atoms with Crippen LogP contribution in [0.1, 0.15) is 45.2 Å². The third-order valence-electron chi connectivity index (χ3n) is 4.44. The van der Waals surface area contributed by atoms with E-state index in [-0.39, 0.29) is 0 Å². The Morgan fingerprint density at radius 2 is 1.29 bits per heavy atom. The summed E-state index contributed by atoms with van der Waals surface area (Å²) in [5.41, 5.74) is 2.80. The van der Waals surface area contributed by atoms with Crippen molar-refractivity contribution < 1.29 is 14.9 Å². The molecule has 3 nitrogen and oxygen atoms in total. The number of hydrogen-bond acceptors (Lipinski definition) is 3. The smallest absolute Gasteiger partial charge is 0.218 e. The number of aliphatic hydroxyl groups is 2. The minimum Gasteiger partial charge on any atom is -0.362 e. The van der Waals surface area contributed by atoms with Crippen LogP contribution in [0, 0.1) is 0 Å². The van der Waals surface area contributed by atoms with Gasteiger partial charge in [0.1, 0.15) is 0 Å². The molecule has 2 atom stereocenters. The fraction of sp³-hybridized carbons (Fsp3) is 0.333. The van der Waals surface area contributed by atoms with Gasteiger partial charge < -0.3 is 14.9 Å². The van der Waals surface area contributed by atoms with E-state index in [0.717, 1.165) is 5.57 Å². The summed E-state index contributed by atoms with van der Waals surface area (Å²) in [4.78, 5) is 0. The Kier molecular flexibility index (Phi) is 5.60. The van der Waals surface area contributed by atoms with Gasteiger partial charge >= 0.3 is 0 Å². The minimum absolute atomic E-state index is 0.308. The Morgan fingerprint density at radius 1 is 0.833 bits per heavy atom. The first-order valence-electron chi connectivity index (χ1n) is 8.24. The molecule has 2 rings (SSSR count). The second-order valence-corrected chi connectivity index (χ2v) is 6.24. The van der Waals surface area contributed by atoms with Crippen LogP contribution in [0.2, 0.25) is 0 Å². The van der Waals surface area contributed by atoms with Crippen molar-refractivity contribution in [3.63, 3.8) is 0 Å². The number of allylic oxidation sites excluding steroid dienone is 1. The average Bonchev–Trinajstić information content (AvgIpc) is 2.62. The number of ether oxygens (including phenoxy) is 1. The average molecular weight is 326 g/mol. The lowest BCUT2D eigenvalue weighted by Gasteiger charge is -2.39. The Balaban J connectivity index is 2.55. The van der Waals surface area contributed by atoms with Crippen molar-refractivity contribution in [2.75, 3.05) is 0 Å². The molecule has 0 spiro atoms. The number of hydrogen-bond donors (Lipinski definition) is 2. The first-order chi connectivity index (χ1) is 11.3. The second kappa shape index (κ2) is 7.31. The molecule has 0 fully saturated rings. The van der Waals surface area contributed by atoms with E-state index in [2.05, 4.69) is 0 Å². The van der Waals surface area contributed by atoms with Crippen molar-refractivity contribution in [3.05, 3.63) is 82.9 Å². The quantitative estimate of drug-likeness (QED) is 0.608. The van der Waals surface area contributed by atoms with Gasteiger partial charge in [-0.2, -0.15) is 0 Å². The van der Waals surface area contributed by atoms with Crippen molar-refractivity contribution in [1.29, 1.82) is 0 Å². The Bertz CT molecular complexity index is 690. The molecule has 2 N–H and O–H groups in total. The van der Waals surface area contributed by atoms with Crippen molar-refractivity contribution in [1.82, 2.24) is 0 Å². The Labute approximate surface area is 144 Å². The zero-order valence-corrected chi connectivity index (χ0v) is 14.8. The summed E-state index contributed by atoms with van der Waals surface area (Å²) in [6, 6.07) is 18.3. The molecule has 0 aromatic heterocycles. The normalized spacial score (nSPS) is 16.1. The molecular formula is C21H26O3. The Hall–Kier alpha value is -1.94. The molecule has 0 heterocycles. The molecule has 0 radical (unpaired) electrons. The van der Waals surface area contributed by atoms with E-state index in [1.807, 2.05) is 64.1 Å². The molecule has 0 saturated carbocycles. The third kappa shape index (κ3) is 3.59. The molecule has 2 aromatic rings. The maximum Gasteiger partial charge on any atom is 0.218 e. The lowest BCUT2D eigenvalue weighted by Crippen LogP contribution is -2.42. The Morgan fingerprint density at radius 3 is 1.71 bits per heavy atom. The van der Waals surface area contributed by atoms with Gasteiger partial charge in [-0.15, -0.1) is 0 Å². The highest BCUT2D eigenvalue weighted by molar-refractivity contribution is 5.32. The van der Waals surface area contributed by atoms with Gasteiger partial charge in [0.25, 0.3) is 0 Å². The predicted molar refractivity (Wildman–Crippen MR) is 96.1 cm³/mol. The zero-order valence-electron chi connectivity index (χ0n) is 14.8. The van der Waals surface area contributed by atoms with Gasteiger partial charge in [-0.3, -0.25) is 0 Å². The summed E-state index contributed by atoms with van der Waals surface area (Å²) in [6.45, 7) is 7.49. The van der Waals surface area contributed by atoms with Crippen LogP contribution >= 0.6 is 0 Å². The summed E-state index contributed by atoms with van der Waals surface area (Å²) in [7, 11) is 0. The van der Waals surface area contributed by atoms with Gasteiger partial charge in [-0.25, -0.2) is 0 Å². The summed E-state index contributed by atoms with van der Waals surface area (Å²) in [5.74, 6) is -3.30. The maximum absolute atomic E-state index is 11.4. The molecule has 0 aliphatic carbocycles. The van der Waals surface area contributed by atoms with Gasteiger partial charge in [-0.1, -0.05) is 73.2 Å². The van der Waals surface area contributed by atoms with Crippen LogP contribution in [0.4, 0.5) is 0 Å². The van der Waals surface area contributed by atoms with Crippen molar-refractivity contribution in [2.45, 2.75) is 45.7 Å². The molecule has 0 amide bonds. The fourth-order valence-electron chi connectivity index (χ4n) is 2.63. The third-order valence-corrected chi connectivity index (χ3v) is 4.44. The standard InChI is InChI=1S/C21H26O3/c1-5-20(22,18-12-8-6-9-13-18)24-21(23,17(4)16(2)3)19-14-10-7-11-15-19/h6-15,22-23H,5H2,1-4H3. The highest BCUT2D eigenvalue weighted by Gasteiger charge is 2.42. The second-order valence-electron chi connectivity index (χ2n) is 6.24. The van der Waals surface area contributed by atoms with Gasteiger partial charge in [0, 0.05) is 17.5 Å². The molecule has 2 unspecified atom stereocenters. The van der Waals surface area contributed by atoms with Crippen molar-refractivity contribution >= 4 is 0 Å². The lowest BCUT2D eigenvalue weighted by molar-refractivity contribution is -0.334. The summed E-state index contributed by atoms with van der Waals surface area (Å²) in [5, 5.41) is 22.5. The molecule has 24 heavy (non-hydrogen) atoms. The number of rotatable bonds is 6. The molecule has 128 valence electrons. The van der Waals surface area contributed by atoms with Crippen LogP contribution in [-0.2, 0) is 16.3 Å². The highest BCUT2D eigenvalue weighted by Crippen LogP contribution is 2.40. The van der Waals surface area contributed by atoms with E-state index >= 15 is 0 Å². The van der Waals surface area contributed by atoms with E-state index in [0.29, 0.717) is 23.1 Å². The van der Waals surface area contributed by atoms with E-state index in [1.54, 1.807) is 24.3 Å². The maximum atomic E-state index is 11.4. The van der Waals surface area contributed by atoms with Gasteiger partial charge in [0.15, 0.2) is 5.79 Å². The van der Waals surface area contributed by atoms with Crippen molar-refractivity contribution in [2.24, 2.45) is 0 Å². The topological polar surface area (TPSA) is 49.7 Å². The van der Waals surface area contributed by atoms with Crippen molar-refractivity contribution in [3.8, 4) is 0 Å². The SMILES string of the molecule is CCC(O)(OC(O)(C(C)=C(C)C)c1ccccc1)c1ccccc1. The van der Waals surface area contributed by atoms with Crippen LogP contribution in [0.25, 0.3) is 0 Å². The minimum atomic E-state index is -1.71. The molecule has 0 aliphatic heterocycles. The van der Waals surface area contributed by atoms with E-state index < -0.39 is 11.6 Å². The van der Waals surface area contributed by atoms with Crippen LogP contribution < -0.4 is 0 Å². The van der Waals surface area contributed by atoms with E-state index in [9.17, 15) is 10.2 Å². The molecule has 2 aromatic carbocycles. The molecule has 3 heteroatoms. The van der Waals surface area contributed by atoms with E-state index in [1.165, 1.54) is 0 Å².